The zero-order chi connectivity index (χ0) is 23.6. The number of furan rings is 1. The molecule has 0 saturated heterocycles. The Morgan fingerprint density at radius 2 is 1.17 bits per heavy atom. The lowest BCUT2D eigenvalue weighted by Crippen LogP contribution is -1.93. The Labute approximate surface area is 207 Å². The van der Waals surface area contributed by atoms with Crippen molar-refractivity contribution in [1.82, 2.24) is 4.57 Å². The average molecular weight is 460 g/mol. The third-order valence-corrected chi connectivity index (χ3v) is 7.40. The molecule has 0 radical (unpaired) electrons. The Morgan fingerprint density at radius 3 is 2.03 bits per heavy atom. The van der Waals surface area contributed by atoms with E-state index in [2.05, 4.69) is 132 Å². The predicted molar refractivity (Wildman–Crippen MR) is 151 cm³/mol. The van der Waals surface area contributed by atoms with Gasteiger partial charge < -0.3 is 8.98 Å². The molecule has 168 valence electrons. The molecule has 2 aromatic heterocycles. The Bertz CT molecular complexity index is 2080. The first-order valence-corrected chi connectivity index (χ1v) is 12.3. The first-order valence-electron chi connectivity index (χ1n) is 12.3. The summed E-state index contributed by atoms with van der Waals surface area (Å²) >= 11 is 0. The van der Waals surface area contributed by atoms with E-state index in [0.29, 0.717) is 0 Å². The maximum Gasteiger partial charge on any atom is 0.145 e. The lowest BCUT2D eigenvalue weighted by Gasteiger charge is -2.09. The van der Waals surface area contributed by atoms with Crippen molar-refractivity contribution in [2.24, 2.45) is 0 Å². The van der Waals surface area contributed by atoms with Crippen molar-refractivity contribution in [3.8, 4) is 16.8 Å². The molecule has 8 aromatic rings. The van der Waals surface area contributed by atoms with Crippen LogP contribution in [0.1, 0.15) is 0 Å². The Balaban J connectivity index is 1.44. The molecule has 0 aliphatic heterocycles. The minimum absolute atomic E-state index is 0.931. The number of para-hydroxylation sites is 1. The maximum absolute atomic E-state index is 6.59. The summed E-state index contributed by atoms with van der Waals surface area (Å²) in [4.78, 5) is 0. The first kappa shape index (κ1) is 19.5. The number of nitrogens with zero attached hydrogens (tertiary/aromatic N) is 1. The third-order valence-electron chi connectivity index (χ3n) is 7.40. The minimum Gasteiger partial charge on any atom is -0.455 e. The molecular weight excluding hydrogens is 438 g/mol. The van der Waals surface area contributed by atoms with E-state index in [1.807, 2.05) is 0 Å². The smallest absolute Gasteiger partial charge is 0.145 e. The van der Waals surface area contributed by atoms with E-state index in [1.54, 1.807) is 0 Å². The third kappa shape index (κ3) is 2.67. The number of rotatable bonds is 2. The molecule has 2 heteroatoms. The van der Waals surface area contributed by atoms with Gasteiger partial charge in [-0.05, 0) is 58.3 Å². The summed E-state index contributed by atoms with van der Waals surface area (Å²) in [6, 6.07) is 45.2. The van der Waals surface area contributed by atoms with Crippen LogP contribution in [0.25, 0.3) is 71.3 Å². The van der Waals surface area contributed by atoms with Crippen LogP contribution in [0.4, 0.5) is 0 Å². The highest BCUT2D eigenvalue weighted by atomic mass is 16.3. The largest absolute Gasteiger partial charge is 0.455 e. The van der Waals surface area contributed by atoms with Gasteiger partial charge in [0.05, 0.1) is 16.4 Å². The van der Waals surface area contributed by atoms with Gasteiger partial charge in [0.2, 0.25) is 0 Å². The van der Waals surface area contributed by atoms with E-state index in [9.17, 15) is 0 Å². The molecule has 2 heterocycles. The monoisotopic (exact) mass is 459 g/mol. The molecule has 0 saturated carbocycles. The predicted octanol–water partition coefficient (Wildman–Crippen LogP) is 9.50. The van der Waals surface area contributed by atoms with Crippen LogP contribution in [0, 0.1) is 0 Å². The van der Waals surface area contributed by atoms with E-state index in [4.69, 9.17) is 4.42 Å². The fraction of sp³-hybridized carbons (Fsp3) is 0. The van der Waals surface area contributed by atoms with E-state index >= 15 is 0 Å². The highest BCUT2D eigenvalue weighted by molar-refractivity contribution is 6.27. The van der Waals surface area contributed by atoms with Crippen molar-refractivity contribution in [3.05, 3.63) is 127 Å². The molecule has 0 aliphatic rings. The van der Waals surface area contributed by atoms with E-state index in [0.717, 1.165) is 33.1 Å². The van der Waals surface area contributed by atoms with Gasteiger partial charge in [-0.25, -0.2) is 0 Å². The molecule has 6 aromatic carbocycles. The summed E-state index contributed by atoms with van der Waals surface area (Å²) in [6.07, 6.45) is 0. The summed E-state index contributed by atoms with van der Waals surface area (Å²) < 4.78 is 8.95. The second-order valence-electron chi connectivity index (χ2n) is 9.36. The highest BCUT2D eigenvalue weighted by Gasteiger charge is 2.19. The van der Waals surface area contributed by atoms with Crippen molar-refractivity contribution in [2.75, 3.05) is 0 Å². The molecule has 0 fully saturated rings. The summed E-state index contributed by atoms with van der Waals surface area (Å²) in [5.41, 5.74) is 7.79. The van der Waals surface area contributed by atoms with Crippen LogP contribution in [0.5, 0.6) is 0 Å². The molecule has 0 bridgehead atoms. The lowest BCUT2D eigenvalue weighted by atomic mass is 10.0. The fourth-order valence-electron chi connectivity index (χ4n) is 5.77. The van der Waals surface area contributed by atoms with Gasteiger partial charge in [-0.15, -0.1) is 0 Å². The molecule has 8 rings (SSSR count). The second kappa shape index (κ2) is 7.34. The van der Waals surface area contributed by atoms with Gasteiger partial charge in [-0.2, -0.15) is 0 Å². The summed E-state index contributed by atoms with van der Waals surface area (Å²) in [5.74, 6) is 0. The van der Waals surface area contributed by atoms with Gasteiger partial charge >= 0.3 is 0 Å². The Kier molecular flexibility index (Phi) is 3.97. The van der Waals surface area contributed by atoms with Crippen molar-refractivity contribution in [1.29, 1.82) is 0 Å². The van der Waals surface area contributed by atoms with Crippen molar-refractivity contribution in [2.45, 2.75) is 0 Å². The Morgan fingerprint density at radius 1 is 0.444 bits per heavy atom. The number of hydrogen-bond donors (Lipinski definition) is 0. The van der Waals surface area contributed by atoms with Crippen LogP contribution in [0.3, 0.4) is 0 Å². The normalized spacial score (nSPS) is 11.9. The van der Waals surface area contributed by atoms with Crippen molar-refractivity contribution < 1.29 is 4.42 Å². The maximum atomic E-state index is 6.59. The summed E-state index contributed by atoms with van der Waals surface area (Å²) in [7, 11) is 0. The quantitative estimate of drug-likeness (QED) is 0.252. The molecule has 0 N–H and O–H groups in total. The standard InChI is InChI=1S/C34H21NO/c1-2-8-22(9-3-1)23-14-17-25(18-15-23)35-29-13-7-6-12-27(29)33-30(35)20-19-28-32-26-11-5-4-10-24(26)16-21-31(32)36-34(28)33/h1-21H. The Hall–Kier alpha value is -4.82. The van der Waals surface area contributed by atoms with Crippen molar-refractivity contribution >= 4 is 54.5 Å². The molecule has 0 aliphatic carbocycles. The second-order valence-corrected chi connectivity index (χ2v) is 9.36. The van der Waals surface area contributed by atoms with Crippen molar-refractivity contribution in [3.63, 3.8) is 0 Å². The van der Waals surface area contributed by atoms with Gasteiger partial charge in [-0.3, -0.25) is 0 Å². The van der Waals surface area contributed by atoms with Gasteiger partial charge in [0.25, 0.3) is 0 Å². The zero-order valence-corrected chi connectivity index (χ0v) is 19.5. The minimum atomic E-state index is 0.931. The van der Waals surface area contributed by atoms with Crippen LogP contribution < -0.4 is 0 Å². The number of fused-ring (bicyclic) bond motifs is 9. The van der Waals surface area contributed by atoms with Gasteiger partial charge in [-0.1, -0.05) is 91.0 Å². The number of hydrogen-bond acceptors (Lipinski definition) is 1. The van der Waals surface area contributed by atoms with E-state index in [-0.39, 0.29) is 0 Å². The SMILES string of the molecule is c1ccc(-c2ccc(-n3c4ccccc4c4c5oc6ccc7ccccc7c6c5ccc43)cc2)cc1. The zero-order valence-electron chi connectivity index (χ0n) is 19.5. The van der Waals surface area contributed by atoms with Gasteiger partial charge in [0.15, 0.2) is 0 Å². The van der Waals surface area contributed by atoms with Crippen LogP contribution >= 0.6 is 0 Å². The molecule has 36 heavy (non-hydrogen) atoms. The van der Waals surface area contributed by atoms with Crippen LogP contribution in [0.2, 0.25) is 0 Å². The van der Waals surface area contributed by atoms with Gasteiger partial charge in [0.1, 0.15) is 11.2 Å². The molecule has 0 atom stereocenters. The first-order chi connectivity index (χ1) is 17.9. The van der Waals surface area contributed by atoms with Crippen LogP contribution in [-0.4, -0.2) is 4.57 Å². The van der Waals surface area contributed by atoms with E-state index in [1.165, 1.54) is 38.2 Å². The van der Waals surface area contributed by atoms with E-state index < -0.39 is 0 Å². The topological polar surface area (TPSA) is 18.1 Å². The number of benzene rings is 6. The molecule has 2 nitrogen and oxygen atoms in total. The molecule has 0 amide bonds. The molecule has 0 spiro atoms. The summed E-state index contributed by atoms with van der Waals surface area (Å²) in [6.45, 7) is 0. The van der Waals surface area contributed by atoms with Gasteiger partial charge in [0, 0.05) is 21.8 Å². The van der Waals surface area contributed by atoms with Crippen LogP contribution in [0.15, 0.2) is 132 Å². The highest BCUT2D eigenvalue weighted by Crippen LogP contribution is 2.42. The lowest BCUT2D eigenvalue weighted by molar-refractivity contribution is 0.673. The molecule has 0 unspecified atom stereocenters. The fourth-order valence-corrected chi connectivity index (χ4v) is 5.77. The number of aromatic nitrogens is 1. The molecular formula is C34H21NO. The average Bonchev–Trinajstić information content (AvgIpc) is 3.49. The summed E-state index contributed by atoms with van der Waals surface area (Å²) in [5, 5.41) is 7.18. The van der Waals surface area contributed by atoms with Crippen LogP contribution in [-0.2, 0) is 0 Å².